The minimum Gasteiger partial charge on any atom is -0.368 e. The highest BCUT2D eigenvalue weighted by atomic mass is 16.3. The number of hydrogen-bond donors (Lipinski definition) is 2. The van der Waals surface area contributed by atoms with Crippen molar-refractivity contribution in [3.63, 3.8) is 0 Å². The molecule has 2 aliphatic carbocycles. The minimum atomic E-state index is -0.976. The van der Waals surface area contributed by atoms with Crippen molar-refractivity contribution in [2.24, 2.45) is 10.9 Å². The smallest absolute Gasteiger partial charge is 0.182 e. The van der Waals surface area contributed by atoms with E-state index in [1.165, 1.54) is 18.6 Å². The second-order valence-electron chi connectivity index (χ2n) is 9.06. The average molecular weight is 458 g/mol. The summed E-state index contributed by atoms with van der Waals surface area (Å²) in [4.78, 5) is 13.7. The summed E-state index contributed by atoms with van der Waals surface area (Å²) in [6, 6.07) is 8.06. The highest BCUT2D eigenvalue weighted by Gasteiger charge is 2.27. The predicted molar refractivity (Wildman–Crippen MR) is 133 cm³/mol. The van der Waals surface area contributed by atoms with Gasteiger partial charge in [0, 0.05) is 30.4 Å². The maximum Gasteiger partial charge on any atom is 0.182 e. The molecule has 3 heterocycles. The Kier molecular flexibility index (Phi) is 6.49. The Labute approximate surface area is 199 Å². The van der Waals surface area contributed by atoms with Gasteiger partial charge in [-0.1, -0.05) is 12.1 Å². The van der Waals surface area contributed by atoms with Crippen LogP contribution in [0.1, 0.15) is 61.7 Å². The van der Waals surface area contributed by atoms with Crippen LogP contribution in [0.4, 0.5) is 5.82 Å². The van der Waals surface area contributed by atoms with Crippen molar-refractivity contribution in [1.29, 1.82) is 0 Å². The predicted octanol–water partition coefficient (Wildman–Crippen LogP) is 4.45. The highest BCUT2D eigenvalue weighted by molar-refractivity contribution is 5.98. The molecule has 3 aromatic heterocycles. The first-order chi connectivity index (χ1) is 16.6. The second kappa shape index (κ2) is 9.85. The molecule has 2 saturated carbocycles. The third-order valence-corrected chi connectivity index (χ3v) is 6.25. The molecule has 8 nitrogen and oxygen atoms in total. The molecule has 2 fully saturated rings. The Balaban J connectivity index is 1.28. The maximum absolute atomic E-state index is 10.8. The molecule has 0 bridgehead atoms. The quantitative estimate of drug-likeness (QED) is 0.345. The van der Waals surface area contributed by atoms with Gasteiger partial charge < -0.3 is 15.0 Å². The average Bonchev–Trinajstić information content (AvgIpc) is 3.78. The Bertz CT molecular complexity index is 1210. The van der Waals surface area contributed by atoms with Crippen LogP contribution in [0, 0.1) is 12.8 Å². The number of aliphatic imine (C=N–C) groups is 1. The van der Waals surface area contributed by atoms with Gasteiger partial charge in [-0.15, -0.1) is 10.2 Å². The van der Waals surface area contributed by atoms with Gasteiger partial charge in [0.25, 0.3) is 0 Å². The molecule has 0 aliphatic heterocycles. The lowest BCUT2D eigenvalue weighted by Crippen LogP contribution is -2.13. The molecule has 2 aliphatic rings. The first-order valence-corrected chi connectivity index (χ1v) is 12.1. The zero-order chi connectivity index (χ0) is 23.5. The fourth-order valence-corrected chi connectivity index (χ4v) is 4.04. The van der Waals surface area contributed by atoms with Gasteiger partial charge in [-0.05, 0) is 81.4 Å². The molecule has 0 saturated heterocycles. The Morgan fingerprint density at radius 2 is 2.15 bits per heavy atom. The van der Waals surface area contributed by atoms with Crippen LogP contribution in [0.25, 0.3) is 11.5 Å². The van der Waals surface area contributed by atoms with Gasteiger partial charge in [0.05, 0.1) is 5.69 Å². The Morgan fingerprint density at radius 1 is 1.29 bits per heavy atom. The third kappa shape index (κ3) is 5.22. The number of aryl methyl sites for hydroxylation is 1. The number of aliphatic hydroxyl groups is 1. The van der Waals surface area contributed by atoms with E-state index in [2.05, 4.69) is 54.1 Å². The lowest BCUT2D eigenvalue weighted by atomic mass is 10.1. The molecule has 34 heavy (non-hydrogen) atoms. The van der Waals surface area contributed by atoms with Crippen molar-refractivity contribution in [2.45, 2.75) is 58.2 Å². The molecule has 2 N–H and O–H groups in total. The van der Waals surface area contributed by atoms with E-state index in [1.807, 2.05) is 37.4 Å². The molecular weight excluding hydrogens is 426 g/mol. The first-order valence-electron chi connectivity index (χ1n) is 12.1. The van der Waals surface area contributed by atoms with E-state index < -0.39 is 6.23 Å². The van der Waals surface area contributed by atoms with Crippen LogP contribution < -0.4 is 5.32 Å². The molecule has 8 heteroatoms. The summed E-state index contributed by atoms with van der Waals surface area (Å²) in [5.74, 6) is 1.95. The lowest BCUT2D eigenvalue weighted by molar-refractivity contribution is 0.202. The Morgan fingerprint density at radius 3 is 2.91 bits per heavy atom. The van der Waals surface area contributed by atoms with E-state index in [-0.39, 0.29) is 0 Å². The molecule has 176 valence electrons. The zero-order valence-corrected chi connectivity index (χ0v) is 19.7. The van der Waals surface area contributed by atoms with Crippen LogP contribution in [0.5, 0.6) is 0 Å². The highest BCUT2D eigenvalue weighted by Crippen LogP contribution is 2.37. The van der Waals surface area contributed by atoms with Crippen molar-refractivity contribution < 1.29 is 5.11 Å². The van der Waals surface area contributed by atoms with E-state index in [0.717, 1.165) is 48.5 Å². The van der Waals surface area contributed by atoms with Gasteiger partial charge in [-0.2, -0.15) is 0 Å². The number of aliphatic hydroxyl groups excluding tert-OH is 1. The van der Waals surface area contributed by atoms with Gasteiger partial charge in [-0.3, -0.25) is 9.98 Å². The van der Waals surface area contributed by atoms with E-state index in [9.17, 15) is 5.11 Å². The van der Waals surface area contributed by atoms with Crippen molar-refractivity contribution in [1.82, 2.24) is 24.7 Å². The van der Waals surface area contributed by atoms with E-state index >= 15 is 0 Å². The van der Waals surface area contributed by atoms with E-state index in [0.29, 0.717) is 23.5 Å². The number of pyridine rings is 2. The van der Waals surface area contributed by atoms with Crippen LogP contribution >= 0.6 is 0 Å². The normalized spacial score (nSPS) is 17.3. The fraction of sp³-hybridized carbons (Fsp3) is 0.423. The summed E-state index contributed by atoms with van der Waals surface area (Å²) in [5.41, 5.74) is 4.73. The van der Waals surface area contributed by atoms with E-state index in [4.69, 9.17) is 0 Å². The van der Waals surface area contributed by atoms with Crippen LogP contribution in [-0.2, 0) is 6.42 Å². The van der Waals surface area contributed by atoms with Gasteiger partial charge in [0.15, 0.2) is 12.1 Å². The van der Waals surface area contributed by atoms with Crippen LogP contribution in [0.2, 0.25) is 0 Å². The standard InChI is InChI=1S/C26H31N7O/c1-3-27-21(18-10-11-18)7-4-6-19-14-23(28-15-17(19)2)26(34)31-24-9-5-8-22(30-24)25-32-29-16-33(25)20-12-13-20/h4-5,7-9,14-16,18,20,26,34H,3,6,10-13H2,1-2H3,(H,30,31)/b7-4-,27-21?. The van der Waals surface area contributed by atoms with Crippen molar-refractivity contribution in [3.05, 3.63) is 65.8 Å². The van der Waals surface area contributed by atoms with Crippen molar-refractivity contribution >= 4 is 11.5 Å². The summed E-state index contributed by atoms with van der Waals surface area (Å²) >= 11 is 0. The van der Waals surface area contributed by atoms with Gasteiger partial charge in [-0.25, -0.2) is 4.98 Å². The fourth-order valence-electron chi connectivity index (χ4n) is 4.04. The number of aromatic nitrogens is 5. The monoisotopic (exact) mass is 457 g/mol. The molecule has 1 unspecified atom stereocenters. The second-order valence-corrected chi connectivity index (χ2v) is 9.06. The summed E-state index contributed by atoms with van der Waals surface area (Å²) in [6.07, 6.45) is 12.5. The van der Waals surface area contributed by atoms with Gasteiger partial charge >= 0.3 is 0 Å². The van der Waals surface area contributed by atoms with Crippen LogP contribution in [0.15, 0.2) is 53.9 Å². The molecule has 0 radical (unpaired) electrons. The summed E-state index contributed by atoms with van der Waals surface area (Å²) in [7, 11) is 0. The SMILES string of the molecule is CCN=C(/C=C\Cc1cc(C(O)Nc2cccc(-c3nncn3C3CC3)n2)ncc1C)C1CC1. The van der Waals surface area contributed by atoms with Crippen LogP contribution in [0.3, 0.4) is 0 Å². The number of rotatable bonds is 10. The Hall–Kier alpha value is -3.39. The third-order valence-electron chi connectivity index (χ3n) is 6.25. The number of hydrogen-bond acceptors (Lipinski definition) is 7. The van der Waals surface area contributed by atoms with Crippen LogP contribution in [-0.4, -0.2) is 42.1 Å². The summed E-state index contributed by atoms with van der Waals surface area (Å²) in [5, 5.41) is 22.2. The molecule has 0 spiro atoms. The summed E-state index contributed by atoms with van der Waals surface area (Å²) < 4.78 is 2.07. The largest absolute Gasteiger partial charge is 0.368 e. The molecule has 0 amide bonds. The topological polar surface area (TPSA) is 101 Å². The van der Waals surface area contributed by atoms with Gasteiger partial charge in [0.1, 0.15) is 17.8 Å². The molecule has 0 aromatic carbocycles. The lowest BCUT2D eigenvalue weighted by Gasteiger charge is -2.15. The summed E-state index contributed by atoms with van der Waals surface area (Å²) in [6.45, 7) is 4.94. The molecule has 1 atom stereocenters. The number of nitrogens with one attached hydrogen (secondary N) is 1. The van der Waals surface area contributed by atoms with E-state index in [1.54, 1.807) is 6.33 Å². The minimum absolute atomic E-state index is 0.465. The molecule has 5 rings (SSSR count). The van der Waals surface area contributed by atoms with Gasteiger partial charge in [0.2, 0.25) is 0 Å². The zero-order valence-electron chi connectivity index (χ0n) is 19.7. The number of allylic oxidation sites excluding steroid dienone is 2. The maximum atomic E-state index is 10.8. The first kappa shape index (κ1) is 22.4. The number of anilines is 1. The van der Waals surface area contributed by atoms with Crippen molar-refractivity contribution in [3.8, 4) is 11.5 Å². The van der Waals surface area contributed by atoms with Crippen molar-refractivity contribution in [2.75, 3.05) is 11.9 Å². The molecule has 3 aromatic rings. The number of nitrogens with zero attached hydrogens (tertiary/aromatic N) is 6. The molecular formula is C26H31N7O.